The maximum atomic E-state index is 12.9. The third-order valence-corrected chi connectivity index (χ3v) is 6.32. The van der Waals surface area contributed by atoms with E-state index in [0.717, 1.165) is 11.8 Å². The van der Waals surface area contributed by atoms with E-state index < -0.39 is 35.2 Å². The van der Waals surface area contributed by atoms with Crippen LogP contribution in [0.25, 0.3) is 6.08 Å². The molecule has 1 saturated heterocycles. The average Bonchev–Trinajstić information content (AvgIpc) is 3.04. The molecule has 2 aromatic rings. The molecule has 1 fully saturated rings. The number of halogens is 1. The largest absolute Gasteiger partial charge is 0.488 e. The molecule has 1 aliphatic heterocycles. The van der Waals surface area contributed by atoms with Gasteiger partial charge in [0.25, 0.3) is 11.6 Å². The number of thioether (sulfide) groups is 1. The second-order valence-corrected chi connectivity index (χ2v) is 8.95. The van der Waals surface area contributed by atoms with Gasteiger partial charge in [0, 0.05) is 28.3 Å². The van der Waals surface area contributed by atoms with E-state index in [1.54, 1.807) is 24.3 Å². The molecule has 3 rings (SSSR count). The van der Waals surface area contributed by atoms with Crippen LogP contribution in [0.1, 0.15) is 17.5 Å². The lowest BCUT2D eigenvalue weighted by atomic mass is 10.1. The lowest BCUT2D eigenvalue weighted by molar-refractivity contribution is -0.384. The number of rotatable bonds is 9. The highest BCUT2D eigenvalue weighted by molar-refractivity contribution is 8.26. The normalized spacial score (nSPS) is 15.4. The number of nitro benzene ring substituents is 1. The van der Waals surface area contributed by atoms with E-state index in [1.165, 1.54) is 24.3 Å². The molecule has 2 aromatic carbocycles. The van der Waals surface area contributed by atoms with Crippen LogP contribution in [0, 0.1) is 10.1 Å². The van der Waals surface area contributed by atoms with Crippen LogP contribution in [0.2, 0.25) is 5.02 Å². The van der Waals surface area contributed by atoms with Gasteiger partial charge in [-0.1, -0.05) is 53.8 Å². The highest BCUT2D eigenvalue weighted by Gasteiger charge is 2.41. The SMILES string of the molecule is O=C(O)C[C@@H](C(=O)O)N1C(=O)/C(=C/c2cc([N+](=O)[O-])ccc2OCc2ccccc2Cl)SC1=S. The number of amides is 1. The Morgan fingerprint density at radius 3 is 2.59 bits per heavy atom. The number of thiocarbonyl (C=S) groups is 1. The molecule has 2 N–H and O–H groups in total. The third-order valence-electron chi connectivity index (χ3n) is 4.62. The molecule has 10 nitrogen and oxygen atoms in total. The van der Waals surface area contributed by atoms with Gasteiger partial charge in [0.15, 0.2) is 0 Å². The standard InChI is InChI=1S/C21H15ClN2O8S2/c22-14-4-2-1-3-11(14)10-32-16-6-5-13(24(30)31)7-12(16)8-17-19(27)23(21(33)34-17)15(20(28)29)9-18(25)26/h1-8,15H,9-10H2,(H,25,26)(H,28,29)/b17-8-/t15-/m0/s1. The van der Waals surface area contributed by atoms with E-state index in [2.05, 4.69) is 0 Å². The molecule has 0 unspecified atom stereocenters. The summed E-state index contributed by atoms with van der Waals surface area (Å²) in [5.41, 5.74) is 0.575. The van der Waals surface area contributed by atoms with Crippen LogP contribution in [-0.2, 0) is 21.0 Å². The first-order valence-electron chi connectivity index (χ1n) is 9.44. The van der Waals surface area contributed by atoms with Crippen molar-refractivity contribution in [2.24, 2.45) is 0 Å². The molecule has 0 bridgehead atoms. The number of aliphatic carboxylic acids is 2. The van der Waals surface area contributed by atoms with Crippen LogP contribution < -0.4 is 4.74 Å². The number of carboxylic acids is 2. The molecule has 0 aromatic heterocycles. The molecule has 1 amide bonds. The summed E-state index contributed by atoms with van der Waals surface area (Å²) in [4.78, 5) is 46.8. The Labute approximate surface area is 206 Å². The summed E-state index contributed by atoms with van der Waals surface area (Å²) in [6.07, 6.45) is 0.436. The number of carbonyl (C=O) groups is 3. The zero-order chi connectivity index (χ0) is 25.0. The molecule has 0 radical (unpaired) electrons. The first-order chi connectivity index (χ1) is 16.1. The van der Waals surface area contributed by atoms with Gasteiger partial charge in [0.05, 0.1) is 16.2 Å². The van der Waals surface area contributed by atoms with Gasteiger partial charge < -0.3 is 14.9 Å². The zero-order valence-electron chi connectivity index (χ0n) is 17.0. The van der Waals surface area contributed by atoms with Gasteiger partial charge >= 0.3 is 11.9 Å². The number of non-ortho nitro benzene ring substituents is 1. The van der Waals surface area contributed by atoms with Gasteiger partial charge in [-0.15, -0.1) is 0 Å². The Morgan fingerprint density at radius 1 is 1.26 bits per heavy atom. The van der Waals surface area contributed by atoms with Gasteiger partial charge in [-0.2, -0.15) is 0 Å². The van der Waals surface area contributed by atoms with Crippen LogP contribution in [0.5, 0.6) is 5.75 Å². The number of hydrogen-bond donors (Lipinski definition) is 2. The van der Waals surface area contributed by atoms with Crippen LogP contribution >= 0.6 is 35.6 Å². The van der Waals surface area contributed by atoms with Crippen LogP contribution in [0.15, 0.2) is 47.4 Å². The monoisotopic (exact) mass is 522 g/mol. The fourth-order valence-corrected chi connectivity index (χ4v) is 4.55. The third kappa shape index (κ3) is 5.71. The van der Waals surface area contributed by atoms with Crippen molar-refractivity contribution in [2.45, 2.75) is 19.1 Å². The summed E-state index contributed by atoms with van der Waals surface area (Å²) < 4.78 is 5.64. The summed E-state index contributed by atoms with van der Waals surface area (Å²) in [7, 11) is 0. The van der Waals surface area contributed by atoms with E-state index in [4.69, 9.17) is 33.7 Å². The second-order valence-electron chi connectivity index (χ2n) is 6.86. The number of hydrogen-bond acceptors (Lipinski definition) is 8. The number of nitrogens with zero attached hydrogens (tertiary/aromatic N) is 2. The smallest absolute Gasteiger partial charge is 0.327 e. The fourth-order valence-electron chi connectivity index (χ4n) is 3.01. The van der Waals surface area contributed by atoms with E-state index in [0.29, 0.717) is 15.5 Å². The maximum absolute atomic E-state index is 12.9. The zero-order valence-corrected chi connectivity index (χ0v) is 19.4. The van der Waals surface area contributed by atoms with Crippen LogP contribution in [0.3, 0.4) is 0 Å². The van der Waals surface area contributed by atoms with Crippen molar-refractivity contribution in [3.8, 4) is 5.75 Å². The summed E-state index contributed by atoms with van der Waals surface area (Å²) in [6.45, 7) is 0.0407. The number of ether oxygens (including phenoxy) is 1. The predicted octanol–water partition coefficient (Wildman–Crippen LogP) is 3.96. The lowest BCUT2D eigenvalue weighted by Crippen LogP contribution is -2.45. The molecule has 1 atom stereocenters. The van der Waals surface area contributed by atoms with Gasteiger partial charge in [-0.25, -0.2) is 4.79 Å². The molecule has 34 heavy (non-hydrogen) atoms. The Balaban J connectivity index is 1.96. The topological polar surface area (TPSA) is 147 Å². The maximum Gasteiger partial charge on any atom is 0.327 e. The Bertz CT molecular complexity index is 1230. The Kier molecular flexibility index (Phi) is 7.87. The van der Waals surface area contributed by atoms with E-state index >= 15 is 0 Å². The first kappa shape index (κ1) is 25.1. The van der Waals surface area contributed by atoms with E-state index in [1.807, 2.05) is 0 Å². The summed E-state index contributed by atoms with van der Waals surface area (Å²) in [5, 5.41) is 30.1. The molecule has 13 heteroatoms. The summed E-state index contributed by atoms with van der Waals surface area (Å²) in [6, 6.07) is 9.04. The quantitative estimate of drug-likeness (QED) is 0.214. The van der Waals surface area contributed by atoms with E-state index in [-0.39, 0.29) is 32.8 Å². The average molecular weight is 523 g/mol. The van der Waals surface area contributed by atoms with Gasteiger partial charge in [0.2, 0.25) is 0 Å². The molecule has 0 spiro atoms. The lowest BCUT2D eigenvalue weighted by Gasteiger charge is -2.21. The van der Waals surface area contributed by atoms with Gasteiger partial charge in [-0.05, 0) is 18.2 Å². The molecule has 1 heterocycles. The summed E-state index contributed by atoms with van der Waals surface area (Å²) >= 11 is 12.0. The second kappa shape index (κ2) is 10.6. The number of carboxylic acid groups (broad SMARTS) is 2. The minimum atomic E-state index is -1.70. The van der Waals surface area contributed by atoms with Crippen molar-refractivity contribution < 1.29 is 34.3 Å². The highest BCUT2D eigenvalue weighted by Crippen LogP contribution is 2.37. The highest BCUT2D eigenvalue weighted by atomic mass is 35.5. The Hall–Kier alpha value is -3.48. The van der Waals surface area contributed by atoms with Crippen LogP contribution in [0.4, 0.5) is 5.69 Å². The number of carbonyl (C=O) groups excluding carboxylic acids is 1. The number of nitro groups is 1. The van der Waals surface area contributed by atoms with Crippen molar-refractivity contribution in [1.29, 1.82) is 0 Å². The van der Waals surface area contributed by atoms with Crippen molar-refractivity contribution in [1.82, 2.24) is 4.90 Å². The van der Waals surface area contributed by atoms with Crippen molar-refractivity contribution >= 4 is 69.5 Å². The number of benzene rings is 2. The minimum Gasteiger partial charge on any atom is -0.488 e. The Morgan fingerprint density at radius 2 is 1.97 bits per heavy atom. The predicted molar refractivity (Wildman–Crippen MR) is 128 cm³/mol. The van der Waals surface area contributed by atoms with Crippen LogP contribution in [-0.4, -0.2) is 48.2 Å². The molecular weight excluding hydrogens is 508 g/mol. The molecule has 0 aliphatic carbocycles. The van der Waals surface area contributed by atoms with Gasteiger partial charge in [-0.3, -0.25) is 24.6 Å². The minimum absolute atomic E-state index is 0.0373. The van der Waals surface area contributed by atoms with E-state index in [9.17, 15) is 29.6 Å². The van der Waals surface area contributed by atoms with Crippen molar-refractivity contribution in [3.05, 3.63) is 73.6 Å². The molecule has 1 aliphatic rings. The molecule has 176 valence electrons. The first-order valence-corrected chi connectivity index (χ1v) is 11.0. The fraction of sp³-hybridized carbons (Fsp3) is 0.143. The van der Waals surface area contributed by atoms with Crippen molar-refractivity contribution in [2.75, 3.05) is 0 Å². The van der Waals surface area contributed by atoms with Crippen molar-refractivity contribution in [3.63, 3.8) is 0 Å². The molecular formula is C21H15ClN2O8S2. The molecule has 0 saturated carbocycles. The summed E-state index contributed by atoms with van der Waals surface area (Å²) in [5.74, 6) is -3.57. The van der Waals surface area contributed by atoms with Gasteiger partial charge in [0.1, 0.15) is 22.7 Å².